The van der Waals surface area contributed by atoms with Gasteiger partial charge >= 0.3 is 6.18 Å². The van der Waals surface area contributed by atoms with Gasteiger partial charge in [-0.05, 0) is 29.8 Å². The molecule has 0 atom stereocenters. The Morgan fingerprint density at radius 1 is 0.931 bits per heavy atom. The van der Waals surface area contributed by atoms with Crippen LogP contribution in [0.3, 0.4) is 0 Å². The third kappa shape index (κ3) is 8.37. The zero-order chi connectivity index (χ0) is 21.3. The van der Waals surface area contributed by atoms with E-state index in [1.165, 1.54) is 42.7 Å². The predicted octanol–water partition coefficient (Wildman–Crippen LogP) is 1.38. The highest BCUT2D eigenvalue weighted by molar-refractivity contribution is 5.94. The molecule has 8 nitrogen and oxygen atoms in total. The van der Waals surface area contributed by atoms with Crippen LogP contribution in [0.4, 0.5) is 13.2 Å². The molecule has 1 aromatic carbocycles. The zero-order valence-corrected chi connectivity index (χ0v) is 15.0. The van der Waals surface area contributed by atoms with E-state index in [0.29, 0.717) is 5.56 Å². The van der Waals surface area contributed by atoms with Crippen LogP contribution < -0.4 is 20.7 Å². The number of furan rings is 1. The molecule has 0 spiro atoms. The third-order valence-corrected chi connectivity index (χ3v) is 3.42. The summed E-state index contributed by atoms with van der Waals surface area (Å²) in [5, 5.41) is 7.21. The number of hydrogen-bond acceptors (Lipinski definition) is 5. The summed E-state index contributed by atoms with van der Waals surface area (Å²) in [5.74, 6) is -1.48. The van der Waals surface area contributed by atoms with Gasteiger partial charge in [-0.2, -0.15) is 13.2 Å². The molecule has 29 heavy (non-hydrogen) atoms. The summed E-state index contributed by atoms with van der Waals surface area (Å²) in [6.45, 7) is -1.90. The first-order valence-electron chi connectivity index (χ1n) is 8.36. The number of carbonyl (C=O) groups is 3. The van der Waals surface area contributed by atoms with Gasteiger partial charge in [0.25, 0.3) is 5.91 Å². The Balaban J connectivity index is 1.63. The molecule has 1 heterocycles. The summed E-state index contributed by atoms with van der Waals surface area (Å²) in [4.78, 5) is 35.0. The van der Waals surface area contributed by atoms with Gasteiger partial charge in [-0.15, -0.1) is 0 Å². The topological polar surface area (TPSA) is 110 Å². The van der Waals surface area contributed by atoms with Gasteiger partial charge in [-0.1, -0.05) is 12.1 Å². The largest absolute Gasteiger partial charge is 0.484 e. The molecule has 2 rings (SSSR count). The second kappa shape index (κ2) is 10.2. The van der Waals surface area contributed by atoms with Crippen LogP contribution in [-0.2, 0) is 16.1 Å². The number of benzene rings is 1. The summed E-state index contributed by atoms with van der Waals surface area (Å²) in [6, 6.07) is 8.70. The van der Waals surface area contributed by atoms with Crippen LogP contribution >= 0.6 is 0 Å². The number of ether oxygens (including phenoxy) is 1. The van der Waals surface area contributed by atoms with E-state index in [4.69, 9.17) is 4.42 Å². The second-order valence-corrected chi connectivity index (χ2v) is 5.76. The van der Waals surface area contributed by atoms with Crippen LogP contribution in [0.5, 0.6) is 5.75 Å². The predicted molar refractivity (Wildman–Crippen MR) is 93.9 cm³/mol. The summed E-state index contributed by atoms with van der Waals surface area (Å²) in [6.07, 6.45) is -3.10. The first-order valence-corrected chi connectivity index (χ1v) is 8.36. The van der Waals surface area contributed by atoms with Gasteiger partial charge in [-0.25, -0.2) is 0 Å². The molecule has 0 aliphatic carbocycles. The molecule has 156 valence electrons. The molecular formula is C18H18F3N3O5. The fourth-order valence-corrected chi connectivity index (χ4v) is 2.03. The Hall–Kier alpha value is -3.50. The van der Waals surface area contributed by atoms with E-state index in [2.05, 4.69) is 20.7 Å². The van der Waals surface area contributed by atoms with E-state index in [1.54, 1.807) is 0 Å². The van der Waals surface area contributed by atoms with E-state index < -0.39 is 30.5 Å². The van der Waals surface area contributed by atoms with Gasteiger partial charge in [0.1, 0.15) is 5.75 Å². The van der Waals surface area contributed by atoms with Crippen molar-refractivity contribution in [3.63, 3.8) is 0 Å². The van der Waals surface area contributed by atoms with Crippen molar-refractivity contribution in [1.82, 2.24) is 16.0 Å². The highest BCUT2D eigenvalue weighted by atomic mass is 19.4. The van der Waals surface area contributed by atoms with Crippen LogP contribution in [0.1, 0.15) is 16.1 Å². The van der Waals surface area contributed by atoms with Crippen molar-refractivity contribution in [3.8, 4) is 5.75 Å². The van der Waals surface area contributed by atoms with Crippen molar-refractivity contribution in [1.29, 1.82) is 0 Å². The maximum Gasteiger partial charge on any atom is 0.422 e. The molecule has 1 aromatic heterocycles. The van der Waals surface area contributed by atoms with Gasteiger partial charge in [-0.3, -0.25) is 14.4 Å². The standard InChI is InChI=1S/C18H18F3N3O5/c19-18(20,21)11-29-13-5-3-12(4-6-13)8-22-15(25)9-23-16(26)10-24-17(27)14-2-1-7-28-14/h1-7H,8-11H2,(H,22,25)(H,23,26)(H,24,27). The van der Waals surface area contributed by atoms with Gasteiger partial charge in [0.15, 0.2) is 12.4 Å². The zero-order valence-electron chi connectivity index (χ0n) is 15.0. The van der Waals surface area contributed by atoms with Crippen molar-refractivity contribution < 1.29 is 36.7 Å². The van der Waals surface area contributed by atoms with Gasteiger partial charge in [0, 0.05) is 6.54 Å². The number of hydrogen-bond donors (Lipinski definition) is 3. The SMILES string of the molecule is O=C(CNC(=O)CNC(=O)c1ccco1)NCc1ccc(OCC(F)(F)F)cc1. The summed E-state index contributed by atoms with van der Waals surface area (Å²) >= 11 is 0. The summed E-state index contributed by atoms with van der Waals surface area (Å²) in [5.41, 5.74) is 0.634. The molecule has 3 amide bonds. The van der Waals surface area contributed by atoms with Crippen LogP contribution in [0.15, 0.2) is 47.1 Å². The Morgan fingerprint density at radius 2 is 1.59 bits per heavy atom. The maximum atomic E-state index is 12.1. The maximum absolute atomic E-state index is 12.1. The summed E-state index contributed by atoms with van der Waals surface area (Å²) in [7, 11) is 0. The van der Waals surface area contributed by atoms with E-state index in [-0.39, 0.29) is 31.1 Å². The van der Waals surface area contributed by atoms with E-state index >= 15 is 0 Å². The fraction of sp³-hybridized carbons (Fsp3) is 0.278. The lowest BCUT2D eigenvalue weighted by molar-refractivity contribution is -0.153. The molecule has 0 fully saturated rings. The molecule has 0 radical (unpaired) electrons. The van der Waals surface area contributed by atoms with Crippen molar-refractivity contribution in [3.05, 3.63) is 54.0 Å². The Labute approximate surface area is 163 Å². The molecule has 0 saturated heterocycles. The van der Waals surface area contributed by atoms with Crippen LogP contribution in [0.25, 0.3) is 0 Å². The van der Waals surface area contributed by atoms with Crippen LogP contribution in [-0.4, -0.2) is 43.6 Å². The molecule has 0 bridgehead atoms. The third-order valence-electron chi connectivity index (χ3n) is 3.42. The minimum Gasteiger partial charge on any atom is -0.484 e. The highest BCUT2D eigenvalue weighted by Crippen LogP contribution is 2.18. The van der Waals surface area contributed by atoms with Crippen molar-refractivity contribution in [2.24, 2.45) is 0 Å². The lowest BCUT2D eigenvalue weighted by atomic mass is 10.2. The normalized spacial score (nSPS) is 10.9. The molecule has 0 aliphatic rings. The number of rotatable bonds is 9. The molecule has 3 N–H and O–H groups in total. The van der Waals surface area contributed by atoms with Crippen molar-refractivity contribution in [2.45, 2.75) is 12.7 Å². The summed E-state index contributed by atoms with van der Waals surface area (Å²) < 4.78 is 45.7. The number of nitrogens with one attached hydrogen (secondary N) is 3. The number of alkyl halides is 3. The highest BCUT2D eigenvalue weighted by Gasteiger charge is 2.28. The smallest absolute Gasteiger partial charge is 0.422 e. The Kier molecular flexibility index (Phi) is 7.63. The monoisotopic (exact) mass is 413 g/mol. The lowest BCUT2D eigenvalue weighted by Crippen LogP contribution is -2.41. The lowest BCUT2D eigenvalue weighted by Gasteiger charge is -2.10. The second-order valence-electron chi connectivity index (χ2n) is 5.76. The van der Waals surface area contributed by atoms with E-state index in [1.807, 2.05) is 0 Å². The Morgan fingerprint density at radius 3 is 2.21 bits per heavy atom. The van der Waals surface area contributed by atoms with Gasteiger partial charge < -0.3 is 25.1 Å². The first kappa shape index (κ1) is 21.8. The fourth-order valence-electron chi connectivity index (χ4n) is 2.03. The quantitative estimate of drug-likeness (QED) is 0.576. The molecule has 0 unspecified atom stereocenters. The molecular weight excluding hydrogens is 395 g/mol. The van der Waals surface area contributed by atoms with E-state index in [9.17, 15) is 27.6 Å². The minimum absolute atomic E-state index is 0.0567. The van der Waals surface area contributed by atoms with Gasteiger partial charge in [0.05, 0.1) is 19.4 Å². The van der Waals surface area contributed by atoms with Crippen molar-refractivity contribution >= 4 is 17.7 Å². The molecule has 11 heteroatoms. The Bertz CT molecular complexity index is 820. The van der Waals surface area contributed by atoms with E-state index in [0.717, 1.165) is 0 Å². The first-order chi connectivity index (χ1) is 13.7. The van der Waals surface area contributed by atoms with Crippen LogP contribution in [0.2, 0.25) is 0 Å². The number of carbonyl (C=O) groups excluding carboxylic acids is 3. The number of halogens is 3. The number of amides is 3. The minimum atomic E-state index is -4.42. The average molecular weight is 413 g/mol. The average Bonchev–Trinajstić information content (AvgIpc) is 3.22. The molecule has 0 saturated carbocycles. The molecule has 2 aromatic rings. The van der Waals surface area contributed by atoms with Crippen LogP contribution in [0, 0.1) is 0 Å². The van der Waals surface area contributed by atoms with Crippen molar-refractivity contribution in [2.75, 3.05) is 19.7 Å². The molecule has 0 aliphatic heterocycles. The van der Waals surface area contributed by atoms with Gasteiger partial charge in [0.2, 0.25) is 11.8 Å².